The van der Waals surface area contributed by atoms with Crippen molar-refractivity contribution in [1.82, 2.24) is 5.32 Å². The Bertz CT molecular complexity index is 1280. The van der Waals surface area contributed by atoms with E-state index in [1.54, 1.807) is 12.1 Å². The standard InChI is InChI=1S/C26H20N5O/c27-16-20(17-28)24-22(18-29)23(19-10-4-1-5-11-19)25(31-14-8-3-9-15-31)26(32,30-24)21-12-6-2-7-13-21/h1-15,23,25,27,30,32H/q+1/t23-,25-,26-/m0/s1. The number of pyridine rings is 1. The lowest BCUT2D eigenvalue weighted by Gasteiger charge is -2.42. The number of hydrogen-bond donors (Lipinski definition) is 3. The minimum absolute atomic E-state index is 0.109. The number of aliphatic hydroxyl groups is 1. The summed E-state index contributed by atoms with van der Waals surface area (Å²) in [6.45, 7) is 0. The second-order valence-corrected chi connectivity index (χ2v) is 7.43. The maximum Gasteiger partial charge on any atom is 0.227 e. The van der Waals surface area contributed by atoms with E-state index in [2.05, 4.69) is 17.3 Å². The number of hydrogen-bond acceptors (Lipinski definition) is 5. The van der Waals surface area contributed by atoms with Crippen LogP contribution in [0.5, 0.6) is 0 Å². The average Bonchev–Trinajstić information content (AvgIpc) is 2.86. The summed E-state index contributed by atoms with van der Waals surface area (Å²) in [7, 11) is 0. The first-order chi connectivity index (χ1) is 15.6. The van der Waals surface area contributed by atoms with Crippen LogP contribution in [0.25, 0.3) is 0 Å². The molecule has 2 aromatic carbocycles. The van der Waals surface area contributed by atoms with Crippen LogP contribution in [-0.2, 0) is 5.72 Å². The maximum atomic E-state index is 12.2. The Labute approximate surface area is 186 Å². The van der Waals surface area contributed by atoms with Crippen molar-refractivity contribution < 1.29 is 9.67 Å². The Balaban J connectivity index is 2.10. The van der Waals surface area contributed by atoms with E-state index in [9.17, 15) is 15.6 Å². The van der Waals surface area contributed by atoms with Crippen LogP contribution in [0.2, 0.25) is 0 Å². The molecule has 3 N–H and O–H groups in total. The Morgan fingerprint density at radius 3 is 2.09 bits per heavy atom. The molecule has 0 bridgehead atoms. The molecule has 1 aromatic heterocycles. The highest BCUT2D eigenvalue weighted by Gasteiger charge is 2.56. The lowest BCUT2D eigenvalue weighted by atomic mass is 9.73. The highest BCUT2D eigenvalue weighted by Crippen LogP contribution is 2.47. The van der Waals surface area contributed by atoms with Crippen LogP contribution in [0, 0.1) is 28.1 Å². The van der Waals surface area contributed by atoms with Crippen LogP contribution < -0.4 is 9.88 Å². The number of rotatable bonds is 4. The minimum Gasteiger partial charge on any atom is -0.362 e. The molecular weight excluding hydrogens is 398 g/mol. The largest absolute Gasteiger partial charge is 0.362 e. The number of aromatic nitrogens is 1. The summed E-state index contributed by atoms with van der Waals surface area (Å²) in [6, 6.07) is 27.6. The molecule has 1 aliphatic rings. The van der Waals surface area contributed by atoms with Crippen molar-refractivity contribution in [2.45, 2.75) is 17.7 Å². The van der Waals surface area contributed by atoms with Crippen LogP contribution in [0.3, 0.4) is 0 Å². The highest BCUT2D eigenvalue weighted by atomic mass is 16.3. The molecule has 0 amide bonds. The number of nitrogens with zero attached hydrogens (tertiary/aromatic N) is 3. The fourth-order valence-electron chi connectivity index (χ4n) is 4.29. The molecule has 0 fully saturated rings. The van der Waals surface area contributed by atoms with E-state index in [1.807, 2.05) is 89.8 Å². The molecule has 154 valence electrons. The fourth-order valence-corrected chi connectivity index (χ4v) is 4.29. The first-order valence-corrected chi connectivity index (χ1v) is 10.0. The topological polar surface area (TPSA) is 108 Å². The van der Waals surface area contributed by atoms with Crippen LogP contribution in [0.1, 0.15) is 23.1 Å². The van der Waals surface area contributed by atoms with Gasteiger partial charge in [-0.25, -0.2) is 0 Å². The molecule has 3 atom stereocenters. The van der Waals surface area contributed by atoms with Crippen molar-refractivity contribution >= 4 is 5.87 Å². The average molecular weight is 418 g/mol. The van der Waals surface area contributed by atoms with Gasteiger partial charge in [0.1, 0.15) is 11.6 Å². The number of benzene rings is 2. The fraction of sp³-hybridized carbons (Fsp3) is 0.115. The van der Waals surface area contributed by atoms with Crippen LogP contribution in [0.15, 0.2) is 108 Å². The Hall–Kier alpha value is -4.48. The summed E-state index contributed by atoms with van der Waals surface area (Å²) in [6.07, 6.45) is 3.68. The van der Waals surface area contributed by atoms with Gasteiger partial charge < -0.3 is 10.4 Å². The van der Waals surface area contributed by atoms with Gasteiger partial charge in [0, 0.05) is 17.7 Å². The second-order valence-electron chi connectivity index (χ2n) is 7.43. The van der Waals surface area contributed by atoms with Gasteiger partial charge in [-0.3, -0.25) is 5.41 Å². The molecule has 0 aliphatic carbocycles. The quantitative estimate of drug-likeness (QED) is 0.343. The summed E-state index contributed by atoms with van der Waals surface area (Å²) < 4.78 is 1.87. The monoisotopic (exact) mass is 418 g/mol. The van der Waals surface area contributed by atoms with Gasteiger partial charge in [-0.15, -0.1) is 0 Å². The molecule has 0 unspecified atom stereocenters. The summed E-state index contributed by atoms with van der Waals surface area (Å²) >= 11 is 0. The molecule has 0 saturated heterocycles. The molecule has 32 heavy (non-hydrogen) atoms. The third-order valence-corrected chi connectivity index (χ3v) is 5.68. The molecule has 2 heterocycles. The number of nitrogens with one attached hydrogen (secondary N) is 2. The van der Waals surface area contributed by atoms with E-state index in [4.69, 9.17) is 5.41 Å². The minimum atomic E-state index is -1.69. The summed E-state index contributed by atoms with van der Waals surface area (Å²) in [5.74, 6) is 1.51. The number of allylic oxidation sites excluding steroid dienone is 2. The summed E-state index contributed by atoms with van der Waals surface area (Å²) in [4.78, 5) is 0. The molecule has 6 heteroatoms. The molecule has 0 radical (unpaired) electrons. The van der Waals surface area contributed by atoms with Crippen molar-refractivity contribution in [3.63, 3.8) is 0 Å². The van der Waals surface area contributed by atoms with Crippen LogP contribution in [-0.4, -0.2) is 11.0 Å². The normalized spacial score (nSPS) is 22.1. The predicted molar refractivity (Wildman–Crippen MR) is 118 cm³/mol. The first-order valence-electron chi connectivity index (χ1n) is 10.0. The zero-order chi connectivity index (χ0) is 22.6. The predicted octanol–water partition coefficient (Wildman–Crippen LogP) is 3.22. The van der Waals surface area contributed by atoms with Crippen molar-refractivity contribution in [2.75, 3.05) is 0 Å². The molecular formula is C26H20N5O+. The SMILES string of the molecule is N#CC(=C=N)C1=C(C#N)[C@H](c2ccccc2)[C@H]([n+]2ccccc2)[C@@](O)(c2ccccc2)N1. The first kappa shape index (κ1) is 20.8. The van der Waals surface area contributed by atoms with Gasteiger partial charge in [-0.2, -0.15) is 15.1 Å². The molecule has 0 saturated carbocycles. The van der Waals surface area contributed by atoms with E-state index in [-0.39, 0.29) is 16.8 Å². The zero-order valence-electron chi connectivity index (χ0n) is 17.1. The van der Waals surface area contributed by atoms with Gasteiger partial charge in [0.25, 0.3) is 0 Å². The lowest BCUT2D eigenvalue weighted by Crippen LogP contribution is -2.62. The Morgan fingerprint density at radius 1 is 0.938 bits per heavy atom. The van der Waals surface area contributed by atoms with Crippen LogP contribution >= 0.6 is 0 Å². The third-order valence-electron chi connectivity index (χ3n) is 5.68. The summed E-state index contributed by atoms with van der Waals surface area (Å²) in [5.41, 5.74) is -0.0940. The van der Waals surface area contributed by atoms with E-state index >= 15 is 0 Å². The van der Waals surface area contributed by atoms with Gasteiger partial charge in [0.15, 0.2) is 12.4 Å². The van der Waals surface area contributed by atoms with Gasteiger partial charge in [0.2, 0.25) is 11.8 Å². The lowest BCUT2D eigenvalue weighted by molar-refractivity contribution is -0.743. The van der Waals surface area contributed by atoms with Crippen molar-refractivity contribution in [1.29, 1.82) is 15.9 Å². The number of nitriles is 2. The second kappa shape index (κ2) is 8.71. The molecule has 4 rings (SSSR count). The molecule has 6 nitrogen and oxygen atoms in total. The Kier molecular flexibility index (Phi) is 5.66. The Morgan fingerprint density at radius 2 is 1.53 bits per heavy atom. The van der Waals surface area contributed by atoms with Gasteiger partial charge in [0.05, 0.1) is 23.3 Å². The van der Waals surface area contributed by atoms with Crippen LogP contribution in [0.4, 0.5) is 0 Å². The smallest absolute Gasteiger partial charge is 0.227 e. The van der Waals surface area contributed by atoms with Gasteiger partial charge in [-0.1, -0.05) is 66.7 Å². The van der Waals surface area contributed by atoms with E-state index < -0.39 is 17.7 Å². The third kappa shape index (κ3) is 3.47. The molecule has 1 aliphatic heterocycles. The van der Waals surface area contributed by atoms with E-state index in [0.29, 0.717) is 5.56 Å². The summed E-state index contributed by atoms with van der Waals surface area (Å²) in [5, 5.41) is 42.7. The van der Waals surface area contributed by atoms with E-state index in [1.165, 1.54) is 0 Å². The zero-order valence-corrected chi connectivity index (χ0v) is 17.1. The molecule has 3 aromatic rings. The van der Waals surface area contributed by atoms with Gasteiger partial charge >= 0.3 is 0 Å². The van der Waals surface area contributed by atoms with E-state index in [0.717, 1.165) is 5.56 Å². The van der Waals surface area contributed by atoms with Crippen molar-refractivity contribution in [3.8, 4) is 12.1 Å². The maximum absolute atomic E-state index is 12.2. The highest BCUT2D eigenvalue weighted by molar-refractivity contribution is 5.71. The van der Waals surface area contributed by atoms with Gasteiger partial charge in [-0.05, 0) is 11.4 Å². The van der Waals surface area contributed by atoms with Crippen molar-refractivity contribution in [3.05, 3.63) is 119 Å². The van der Waals surface area contributed by atoms with Crippen molar-refractivity contribution in [2.24, 2.45) is 0 Å². The molecule has 0 spiro atoms.